The summed E-state index contributed by atoms with van der Waals surface area (Å²) in [5.41, 5.74) is -0.0621. The minimum atomic E-state index is -3.92. The first-order valence-electron chi connectivity index (χ1n) is 5.45. The van der Waals surface area contributed by atoms with Gasteiger partial charge in [-0.15, -0.1) is 0 Å². The van der Waals surface area contributed by atoms with E-state index >= 15 is 0 Å². The van der Waals surface area contributed by atoms with Crippen LogP contribution in [0.1, 0.15) is 0 Å². The molecule has 0 aliphatic heterocycles. The van der Waals surface area contributed by atoms with Crippen molar-refractivity contribution in [2.24, 2.45) is 0 Å². The van der Waals surface area contributed by atoms with Crippen molar-refractivity contribution in [2.75, 3.05) is 4.72 Å². The van der Waals surface area contributed by atoms with Gasteiger partial charge in [0.15, 0.2) is 0 Å². The summed E-state index contributed by atoms with van der Waals surface area (Å²) in [7, 11) is -3.92. The lowest BCUT2D eigenvalue weighted by Crippen LogP contribution is -2.13. The Labute approximate surface area is 114 Å². The molecule has 2 rings (SSSR count). The summed E-state index contributed by atoms with van der Waals surface area (Å²) in [6.07, 6.45) is 0. The molecule has 0 unspecified atom stereocenters. The number of aromatic hydroxyl groups is 1. The fourth-order valence-electron chi connectivity index (χ4n) is 1.51. The summed E-state index contributed by atoms with van der Waals surface area (Å²) in [6.45, 7) is 0. The quantitative estimate of drug-likeness (QED) is 0.510. The maximum atomic E-state index is 12.1. The van der Waals surface area contributed by atoms with Gasteiger partial charge in [-0.05, 0) is 30.3 Å². The largest absolute Gasteiger partial charge is 0.508 e. The average molecular weight is 294 g/mol. The van der Waals surface area contributed by atoms with Gasteiger partial charge in [-0.1, -0.05) is 6.07 Å². The second kappa shape index (κ2) is 5.17. The molecular formula is C12H10N2O5S. The number of phenols is 1. The summed E-state index contributed by atoms with van der Waals surface area (Å²) in [6, 6.07) is 10.1. The third kappa shape index (κ3) is 3.04. The Bertz CT molecular complexity index is 741. The minimum absolute atomic E-state index is 0.00305. The van der Waals surface area contributed by atoms with Crippen molar-refractivity contribution in [1.82, 2.24) is 0 Å². The first-order chi connectivity index (χ1) is 9.38. The molecule has 0 atom stereocenters. The van der Waals surface area contributed by atoms with E-state index in [2.05, 4.69) is 4.72 Å². The van der Waals surface area contributed by atoms with Crippen LogP contribution in [0.15, 0.2) is 53.4 Å². The molecule has 2 N–H and O–H groups in total. The number of nitrogens with one attached hydrogen (secondary N) is 1. The Morgan fingerprint density at radius 2 is 1.75 bits per heavy atom. The molecule has 0 saturated carbocycles. The number of phenolic OH excluding ortho intramolecular Hbond substituents is 1. The number of hydrogen-bond acceptors (Lipinski definition) is 5. The number of rotatable bonds is 4. The topological polar surface area (TPSA) is 110 Å². The lowest BCUT2D eigenvalue weighted by molar-refractivity contribution is -0.385. The van der Waals surface area contributed by atoms with E-state index in [1.54, 1.807) is 0 Å². The van der Waals surface area contributed by atoms with Crippen molar-refractivity contribution in [3.05, 3.63) is 58.6 Å². The highest BCUT2D eigenvalue weighted by molar-refractivity contribution is 7.92. The van der Waals surface area contributed by atoms with E-state index in [1.807, 2.05) is 0 Å². The van der Waals surface area contributed by atoms with E-state index < -0.39 is 14.9 Å². The predicted octanol–water partition coefficient (Wildman–Crippen LogP) is 2.10. The van der Waals surface area contributed by atoms with E-state index in [0.29, 0.717) is 0 Å². The van der Waals surface area contributed by atoms with E-state index in [1.165, 1.54) is 42.5 Å². The van der Waals surface area contributed by atoms with E-state index in [0.717, 1.165) is 6.07 Å². The lowest BCUT2D eigenvalue weighted by atomic mass is 10.3. The third-order valence-corrected chi connectivity index (χ3v) is 3.84. The van der Waals surface area contributed by atoms with Gasteiger partial charge in [-0.25, -0.2) is 8.42 Å². The van der Waals surface area contributed by atoms with Crippen LogP contribution in [-0.4, -0.2) is 18.4 Å². The molecule has 7 nitrogen and oxygen atoms in total. The Balaban J connectivity index is 2.33. The maximum absolute atomic E-state index is 12.1. The van der Waals surface area contributed by atoms with Crippen LogP contribution >= 0.6 is 0 Å². The smallest absolute Gasteiger partial charge is 0.270 e. The average Bonchev–Trinajstić information content (AvgIpc) is 2.41. The number of nitrogens with zero attached hydrogens (tertiary/aromatic N) is 1. The molecule has 104 valence electrons. The summed E-state index contributed by atoms with van der Waals surface area (Å²) >= 11 is 0. The summed E-state index contributed by atoms with van der Waals surface area (Å²) in [5.74, 6) is 0.00305. The Kier molecular flexibility index (Phi) is 3.57. The van der Waals surface area contributed by atoms with Crippen LogP contribution in [0.3, 0.4) is 0 Å². The molecule has 2 aromatic rings. The van der Waals surface area contributed by atoms with Crippen LogP contribution in [0.25, 0.3) is 0 Å². The molecule has 0 radical (unpaired) electrons. The number of nitro groups is 1. The molecule has 0 bridgehead atoms. The molecule has 0 fully saturated rings. The second-order valence-electron chi connectivity index (χ2n) is 3.91. The van der Waals surface area contributed by atoms with Gasteiger partial charge in [0.2, 0.25) is 0 Å². The number of benzene rings is 2. The van der Waals surface area contributed by atoms with Crippen molar-refractivity contribution < 1.29 is 18.4 Å². The van der Waals surface area contributed by atoms with Crippen LogP contribution in [0.5, 0.6) is 5.75 Å². The molecule has 20 heavy (non-hydrogen) atoms. The molecule has 0 spiro atoms. The number of hydrogen-bond donors (Lipinski definition) is 2. The highest BCUT2D eigenvalue weighted by atomic mass is 32.2. The zero-order valence-electron chi connectivity index (χ0n) is 10.1. The third-order valence-electron chi connectivity index (χ3n) is 2.46. The van der Waals surface area contributed by atoms with Crippen molar-refractivity contribution >= 4 is 21.4 Å². The second-order valence-corrected chi connectivity index (χ2v) is 5.59. The normalized spacial score (nSPS) is 11.0. The molecule has 0 aromatic heterocycles. The number of non-ortho nitro benzene ring substituents is 1. The van der Waals surface area contributed by atoms with Gasteiger partial charge in [0.1, 0.15) is 5.75 Å². The molecule has 8 heteroatoms. The van der Waals surface area contributed by atoms with Crippen LogP contribution in [0, 0.1) is 10.1 Å². The van der Waals surface area contributed by atoms with E-state index in [4.69, 9.17) is 5.11 Å². The molecule has 2 aromatic carbocycles. The first-order valence-corrected chi connectivity index (χ1v) is 6.93. The Morgan fingerprint density at radius 1 is 1.10 bits per heavy atom. The van der Waals surface area contributed by atoms with Gasteiger partial charge in [-0.2, -0.15) is 0 Å². The lowest BCUT2D eigenvalue weighted by Gasteiger charge is -2.07. The minimum Gasteiger partial charge on any atom is -0.508 e. The SMILES string of the molecule is O=[N+]([O-])c1cccc(S(=O)(=O)Nc2ccc(O)cc2)c1. The zero-order valence-corrected chi connectivity index (χ0v) is 10.9. The van der Waals surface area contributed by atoms with E-state index in [9.17, 15) is 18.5 Å². The molecule has 0 saturated heterocycles. The van der Waals surface area contributed by atoms with Gasteiger partial charge in [0, 0.05) is 17.8 Å². The standard InChI is InChI=1S/C12H10N2O5S/c15-11-6-4-9(5-7-11)13-20(18,19)12-3-1-2-10(8-12)14(16)17/h1-8,13,15H. The number of anilines is 1. The van der Waals surface area contributed by atoms with Crippen molar-refractivity contribution in [2.45, 2.75) is 4.90 Å². The van der Waals surface area contributed by atoms with Gasteiger partial charge in [0.05, 0.1) is 9.82 Å². The van der Waals surface area contributed by atoms with E-state index in [-0.39, 0.29) is 22.0 Å². The van der Waals surface area contributed by atoms with Crippen LogP contribution in [0.2, 0.25) is 0 Å². The van der Waals surface area contributed by atoms with Crippen molar-refractivity contribution in [3.63, 3.8) is 0 Å². The fourth-order valence-corrected chi connectivity index (χ4v) is 2.61. The highest BCUT2D eigenvalue weighted by Crippen LogP contribution is 2.21. The van der Waals surface area contributed by atoms with Gasteiger partial charge in [0.25, 0.3) is 15.7 Å². The van der Waals surface area contributed by atoms with Gasteiger partial charge < -0.3 is 5.11 Å². The maximum Gasteiger partial charge on any atom is 0.270 e. The first kappa shape index (κ1) is 13.8. The van der Waals surface area contributed by atoms with Gasteiger partial charge in [-0.3, -0.25) is 14.8 Å². The van der Waals surface area contributed by atoms with Crippen LogP contribution in [0.4, 0.5) is 11.4 Å². The van der Waals surface area contributed by atoms with Gasteiger partial charge >= 0.3 is 0 Å². The molecular weight excluding hydrogens is 284 g/mol. The van der Waals surface area contributed by atoms with Crippen LogP contribution < -0.4 is 4.72 Å². The highest BCUT2D eigenvalue weighted by Gasteiger charge is 2.17. The molecule has 0 aliphatic carbocycles. The van der Waals surface area contributed by atoms with Crippen LogP contribution in [-0.2, 0) is 10.0 Å². The molecule has 0 amide bonds. The summed E-state index contributed by atoms with van der Waals surface area (Å²) < 4.78 is 26.4. The van der Waals surface area contributed by atoms with Crippen molar-refractivity contribution in [1.29, 1.82) is 0 Å². The number of sulfonamides is 1. The zero-order chi connectivity index (χ0) is 14.8. The fraction of sp³-hybridized carbons (Fsp3) is 0. The monoisotopic (exact) mass is 294 g/mol. The van der Waals surface area contributed by atoms with Crippen molar-refractivity contribution in [3.8, 4) is 5.75 Å². The predicted molar refractivity (Wildman–Crippen MR) is 72.0 cm³/mol. The Morgan fingerprint density at radius 3 is 2.35 bits per heavy atom. The number of nitro benzene ring substituents is 1. The Hall–Kier alpha value is -2.61. The molecule has 0 aliphatic rings. The summed E-state index contributed by atoms with van der Waals surface area (Å²) in [4.78, 5) is 9.76. The molecule has 0 heterocycles. The summed E-state index contributed by atoms with van der Waals surface area (Å²) in [5, 5.41) is 19.8.